The van der Waals surface area contributed by atoms with Crippen LogP contribution in [0.1, 0.15) is 32.3 Å². The normalized spacial score (nSPS) is 12.6. The molecule has 0 radical (unpaired) electrons. The van der Waals surface area contributed by atoms with Crippen LogP contribution in [0.25, 0.3) is 6.08 Å². The first-order valence-corrected chi connectivity index (χ1v) is 8.79. The second-order valence-electron chi connectivity index (χ2n) is 4.83. The van der Waals surface area contributed by atoms with Crippen LogP contribution in [0.3, 0.4) is 0 Å². The van der Waals surface area contributed by atoms with Crippen LogP contribution in [0.2, 0.25) is 0 Å². The van der Waals surface area contributed by atoms with Crippen molar-refractivity contribution in [2.45, 2.75) is 32.7 Å². The standard InChI is InChI=1S/C16H25NO3S/c1-4-16(5-2)17(12-13-20-3)21(18,19)14-11-15-9-7-6-8-10-15/h6-11,14,16H,4-5,12-13H2,1-3H3/b14-11+. The molecule has 1 rings (SSSR count). The fourth-order valence-corrected chi connectivity index (χ4v) is 3.73. The van der Waals surface area contributed by atoms with Gasteiger partial charge < -0.3 is 4.74 Å². The average Bonchev–Trinajstić information content (AvgIpc) is 2.50. The molecule has 118 valence electrons. The largest absolute Gasteiger partial charge is 0.383 e. The molecule has 1 aromatic rings. The number of ether oxygens (including phenoxy) is 1. The molecule has 0 aliphatic rings. The molecule has 0 saturated carbocycles. The minimum atomic E-state index is -3.44. The van der Waals surface area contributed by atoms with Crippen LogP contribution in [0, 0.1) is 0 Å². The summed E-state index contributed by atoms with van der Waals surface area (Å²) in [6.07, 6.45) is 3.22. The molecule has 0 aliphatic heterocycles. The maximum atomic E-state index is 12.6. The molecule has 0 spiro atoms. The van der Waals surface area contributed by atoms with Crippen molar-refractivity contribution in [1.29, 1.82) is 0 Å². The Kier molecular flexibility index (Phi) is 7.64. The number of sulfonamides is 1. The molecule has 0 aliphatic carbocycles. The Labute approximate surface area is 128 Å². The highest BCUT2D eigenvalue weighted by molar-refractivity contribution is 7.92. The molecular weight excluding hydrogens is 286 g/mol. The van der Waals surface area contributed by atoms with E-state index in [0.29, 0.717) is 13.2 Å². The number of hydrogen-bond donors (Lipinski definition) is 0. The van der Waals surface area contributed by atoms with E-state index in [4.69, 9.17) is 4.74 Å². The number of hydrogen-bond acceptors (Lipinski definition) is 3. The highest BCUT2D eigenvalue weighted by atomic mass is 32.2. The van der Waals surface area contributed by atoms with Gasteiger partial charge in [0.25, 0.3) is 0 Å². The summed E-state index contributed by atoms with van der Waals surface area (Å²) in [5.74, 6) is 0. The third-order valence-corrected chi connectivity index (χ3v) is 5.04. The lowest BCUT2D eigenvalue weighted by atomic mass is 10.2. The third kappa shape index (κ3) is 5.61. The van der Waals surface area contributed by atoms with Gasteiger partial charge in [-0.05, 0) is 24.5 Å². The van der Waals surface area contributed by atoms with E-state index in [9.17, 15) is 8.42 Å². The summed E-state index contributed by atoms with van der Waals surface area (Å²) >= 11 is 0. The van der Waals surface area contributed by atoms with Crippen LogP contribution in [-0.4, -0.2) is 39.0 Å². The fourth-order valence-electron chi connectivity index (χ4n) is 2.20. The number of nitrogens with zero attached hydrogens (tertiary/aromatic N) is 1. The smallest absolute Gasteiger partial charge is 0.236 e. The van der Waals surface area contributed by atoms with E-state index >= 15 is 0 Å². The lowest BCUT2D eigenvalue weighted by molar-refractivity contribution is 0.164. The van der Waals surface area contributed by atoms with Gasteiger partial charge in [-0.25, -0.2) is 8.42 Å². The highest BCUT2D eigenvalue weighted by Crippen LogP contribution is 2.16. The first-order valence-electron chi connectivity index (χ1n) is 7.29. The van der Waals surface area contributed by atoms with Gasteiger partial charge in [-0.1, -0.05) is 44.2 Å². The molecule has 0 N–H and O–H groups in total. The second kappa shape index (κ2) is 8.97. The van der Waals surface area contributed by atoms with Crippen molar-refractivity contribution in [3.63, 3.8) is 0 Å². The highest BCUT2D eigenvalue weighted by Gasteiger charge is 2.25. The van der Waals surface area contributed by atoms with Crippen molar-refractivity contribution in [2.24, 2.45) is 0 Å². The van der Waals surface area contributed by atoms with Gasteiger partial charge >= 0.3 is 0 Å². The molecule has 0 unspecified atom stereocenters. The Morgan fingerprint density at radius 3 is 2.33 bits per heavy atom. The Morgan fingerprint density at radius 2 is 1.81 bits per heavy atom. The molecule has 0 fully saturated rings. The zero-order valence-electron chi connectivity index (χ0n) is 13.0. The van der Waals surface area contributed by atoms with Gasteiger partial charge in [0.05, 0.1) is 6.61 Å². The molecule has 4 nitrogen and oxygen atoms in total. The lowest BCUT2D eigenvalue weighted by Gasteiger charge is -2.28. The quantitative estimate of drug-likeness (QED) is 0.704. The lowest BCUT2D eigenvalue weighted by Crippen LogP contribution is -2.40. The molecule has 1 aromatic carbocycles. The second-order valence-corrected chi connectivity index (χ2v) is 6.60. The van der Waals surface area contributed by atoms with Gasteiger partial charge in [0.2, 0.25) is 10.0 Å². The van der Waals surface area contributed by atoms with E-state index in [0.717, 1.165) is 18.4 Å². The predicted octanol–water partition coefficient (Wildman–Crippen LogP) is 3.12. The zero-order valence-corrected chi connectivity index (χ0v) is 13.8. The third-order valence-electron chi connectivity index (χ3n) is 3.42. The van der Waals surface area contributed by atoms with Crippen LogP contribution in [0.4, 0.5) is 0 Å². The van der Waals surface area contributed by atoms with Crippen LogP contribution in [0.5, 0.6) is 0 Å². The fraction of sp³-hybridized carbons (Fsp3) is 0.500. The van der Waals surface area contributed by atoms with E-state index in [-0.39, 0.29) is 6.04 Å². The maximum Gasteiger partial charge on any atom is 0.236 e. The van der Waals surface area contributed by atoms with Gasteiger partial charge in [0, 0.05) is 25.1 Å². The van der Waals surface area contributed by atoms with E-state index < -0.39 is 10.0 Å². The summed E-state index contributed by atoms with van der Waals surface area (Å²) in [5.41, 5.74) is 0.873. The molecule has 0 saturated heterocycles. The molecule has 0 aromatic heterocycles. The van der Waals surface area contributed by atoms with Gasteiger partial charge in [-0.15, -0.1) is 0 Å². The van der Waals surface area contributed by atoms with Crippen molar-refractivity contribution >= 4 is 16.1 Å². The van der Waals surface area contributed by atoms with Crippen molar-refractivity contribution in [2.75, 3.05) is 20.3 Å². The number of benzene rings is 1. The van der Waals surface area contributed by atoms with Gasteiger partial charge in [0.1, 0.15) is 0 Å². The summed E-state index contributed by atoms with van der Waals surface area (Å²) in [6.45, 7) is 4.79. The van der Waals surface area contributed by atoms with Crippen molar-refractivity contribution in [3.8, 4) is 0 Å². The zero-order chi connectivity index (χ0) is 15.7. The van der Waals surface area contributed by atoms with Crippen molar-refractivity contribution in [3.05, 3.63) is 41.3 Å². The molecule has 0 bridgehead atoms. The minimum absolute atomic E-state index is 0.00516. The monoisotopic (exact) mass is 311 g/mol. The molecular formula is C16H25NO3S. The van der Waals surface area contributed by atoms with Crippen molar-refractivity contribution < 1.29 is 13.2 Å². The number of rotatable bonds is 9. The summed E-state index contributed by atoms with van der Waals surface area (Å²) in [5, 5.41) is 1.29. The van der Waals surface area contributed by atoms with Crippen molar-refractivity contribution in [1.82, 2.24) is 4.31 Å². The van der Waals surface area contributed by atoms with Gasteiger partial charge in [0.15, 0.2) is 0 Å². The van der Waals surface area contributed by atoms with Crippen LogP contribution < -0.4 is 0 Å². The van der Waals surface area contributed by atoms with Gasteiger partial charge in [-0.3, -0.25) is 0 Å². The topological polar surface area (TPSA) is 46.6 Å². The first kappa shape index (κ1) is 17.9. The van der Waals surface area contributed by atoms with E-state index in [1.165, 1.54) is 9.71 Å². The minimum Gasteiger partial charge on any atom is -0.383 e. The summed E-state index contributed by atoms with van der Waals surface area (Å²) in [4.78, 5) is 0. The molecule has 0 heterocycles. The van der Waals surface area contributed by atoms with E-state index in [1.807, 2.05) is 44.2 Å². The SMILES string of the molecule is CCC(CC)N(CCOC)S(=O)(=O)/C=C/c1ccccc1. The van der Waals surface area contributed by atoms with Crippen LogP contribution in [-0.2, 0) is 14.8 Å². The summed E-state index contributed by atoms with van der Waals surface area (Å²) in [6, 6.07) is 9.43. The molecule has 0 atom stereocenters. The van der Waals surface area contributed by atoms with Crippen LogP contribution in [0.15, 0.2) is 35.7 Å². The Morgan fingerprint density at radius 1 is 1.19 bits per heavy atom. The molecule has 5 heteroatoms. The Bertz CT molecular complexity index is 522. The number of methoxy groups -OCH3 is 1. The predicted molar refractivity (Wildman–Crippen MR) is 87.3 cm³/mol. The Balaban J connectivity index is 2.95. The summed E-state index contributed by atoms with van der Waals surface area (Å²) in [7, 11) is -1.86. The molecule has 0 amide bonds. The average molecular weight is 311 g/mol. The van der Waals surface area contributed by atoms with E-state index in [1.54, 1.807) is 13.2 Å². The Hall–Kier alpha value is -1.17. The van der Waals surface area contributed by atoms with Gasteiger partial charge in [-0.2, -0.15) is 4.31 Å². The maximum absolute atomic E-state index is 12.6. The van der Waals surface area contributed by atoms with Crippen LogP contribution >= 0.6 is 0 Å². The van der Waals surface area contributed by atoms with E-state index in [2.05, 4.69) is 0 Å². The molecule has 21 heavy (non-hydrogen) atoms. The summed E-state index contributed by atoms with van der Waals surface area (Å²) < 4.78 is 31.7. The first-order chi connectivity index (χ1) is 10.0.